The SMILES string of the molecule is CCN(CC)C(=O)CNC(=O)C1CC(=O)N(c2cccc(C(F)(F)F)c2)C1. The fourth-order valence-corrected chi connectivity index (χ4v) is 2.98. The Hall–Kier alpha value is -2.58. The highest BCUT2D eigenvalue weighted by atomic mass is 19.4. The van der Waals surface area contributed by atoms with Crippen LogP contribution in [0.4, 0.5) is 18.9 Å². The van der Waals surface area contributed by atoms with Gasteiger partial charge in [0.25, 0.3) is 0 Å². The molecule has 1 fully saturated rings. The maximum Gasteiger partial charge on any atom is 0.416 e. The first-order valence-electron chi connectivity index (χ1n) is 8.70. The van der Waals surface area contributed by atoms with Gasteiger partial charge in [0.05, 0.1) is 18.0 Å². The zero-order valence-electron chi connectivity index (χ0n) is 15.2. The highest BCUT2D eigenvalue weighted by molar-refractivity contribution is 6.00. The van der Waals surface area contributed by atoms with E-state index in [0.29, 0.717) is 13.1 Å². The fraction of sp³-hybridized carbons (Fsp3) is 0.500. The van der Waals surface area contributed by atoms with E-state index < -0.39 is 29.5 Å². The third-order valence-electron chi connectivity index (χ3n) is 4.51. The molecule has 0 aliphatic carbocycles. The topological polar surface area (TPSA) is 69.7 Å². The molecule has 1 aliphatic heterocycles. The van der Waals surface area contributed by atoms with Crippen LogP contribution in [0.1, 0.15) is 25.8 Å². The summed E-state index contributed by atoms with van der Waals surface area (Å²) in [5.74, 6) is -1.83. The monoisotopic (exact) mass is 385 g/mol. The van der Waals surface area contributed by atoms with Crippen molar-refractivity contribution >= 4 is 23.4 Å². The number of nitrogens with zero attached hydrogens (tertiary/aromatic N) is 2. The summed E-state index contributed by atoms with van der Waals surface area (Å²) in [6.45, 7) is 4.50. The highest BCUT2D eigenvalue weighted by Crippen LogP contribution is 2.33. The first-order valence-corrected chi connectivity index (χ1v) is 8.70. The molecule has 0 spiro atoms. The molecule has 1 aliphatic rings. The first-order chi connectivity index (χ1) is 12.7. The summed E-state index contributed by atoms with van der Waals surface area (Å²) in [6.07, 6.45) is -4.62. The summed E-state index contributed by atoms with van der Waals surface area (Å²) in [7, 11) is 0. The molecule has 1 aromatic rings. The lowest BCUT2D eigenvalue weighted by molar-refractivity contribution is -0.137. The van der Waals surface area contributed by atoms with Crippen LogP contribution in [0, 0.1) is 5.92 Å². The van der Waals surface area contributed by atoms with Gasteiger partial charge in [0.15, 0.2) is 0 Å². The molecular weight excluding hydrogens is 363 g/mol. The molecule has 6 nitrogen and oxygen atoms in total. The molecule has 1 heterocycles. The van der Waals surface area contributed by atoms with Gasteiger partial charge in [-0.3, -0.25) is 14.4 Å². The second kappa shape index (κ2) is 8.41. The molecule has 1 unspecified atom stereocenters. The minimum absolute atomic E-state index is 0.0224. The summed E-state index contributed by atoms with van der Waals surface area (Å²) in [4.78, 5) is 39.1. The number of alkyl halides is 3. The van der Waals surface area contributed by atoms with E-state index in [2.05, 4.69) is 5.32 Å². The number of nitrogens with one attached hydrogen (secondary N) is 1. The van der Waals surface area contributed by atoms with Crippen molar-refractivity contribution in [1.29, 1.82) is 0 Å². The Balaban J connectivity index is 2.01. The van der Waals surface area contributed by atoms with E-state index in [4.69, 9.17) is 0 Å². The number of likely N-dealkylation sites (N-methyl/N-ethyl adjacent to an activating group) is 1. The van der Waals surface area contributed by atoms with Gasteiger partial charge in [0.1, 0.15) is 0 Å². The molecule has 9 heteroatoms. The molecule has 1 atom stereocenters. The van der Waals surface area contributed by atoms with Crippen LogP contribution in [0.3, 0.4) is 0 Å². The lowest BCUT2D eigenvalue weighted by Gasteiger charge is -2.20. The maximum atomic E-state index is 12.9. The van der Waals surface area contributed by atoms with E-state index in [1.807, 2.05) is 13.8 Å². The summed E-state index contributed by atoms with van der Waals surface area (Å²) in [6, 6.07) is 4.44. The second-order valence-electron chi connectivity index (χ2n) is 6.24. The van der Waals surface area contributed by atoms with Crippen LogP contribution >= 0.6 is 0 Å². The molecule has 0 aromatic heterocycles. The van der Waals surface area contributed by atoms with Crippen molar-refractivity contribution in [3.8, 4) is 0 Å². The highest BCUT2D eigenvalue weighted by Gasteiger charge is 2.37. The average molecular weight is 385 g/mol. The van der Waals surface area contributed by atoms with E-state index in [9.17, 15) is 27.6 Å². The molecule has 148 valence electrons. The van der Waals surface area contributed by atoms with Crippen molar-refractivity contribution in [2.75, 3.05) is 31.1 Å². The maximum absolute atomic E-state index is 12.9. The average Bonchev–Trinajstić information content (AvgIpc) is 3.02. The molecule has 1 saturated heterocycles. The summed E-state index contributed by atoms with van der Waals surface area (Å²) in [5, 5.41) is 2.51. The van der Waals surface area contributed by atoms with Gasteiger partial charge in [-0.05, 0) is 32.0 Å². The predicted octanol–water partition coefficient (Wildman–Crippen LogP) is 2.04. The third kappa shape index (κ3) is 4.99. The van der Waals surface area contributed by atoms with Crippen molar-refractivity contribution in [1.82, 2.24) is 10.2 Å². The van der Waals surface area contributed by atoms with Crippen LogP contribution < -0.4 is 10.2 Å². The Morgan fingerprint density at radius 1 is 1.26 bits per heavy atom. The van der Waals surface area contributed by atoms with Gasteiger partial charge >= 0.3 is 6.18 Å². The Kier molecular flexibility index (Phi) is 6.45. The van der Waals surface area contributed by atoms with Gasteiger partial charge < -0.3 is 15.1 Å². The Bertz CT molecular complexity index is 717. The minimum Gasteiger partial charge on any atom is -0.347 e. The van der Waals surface area contributed by atoms with E-state index in [-0.39, 0.29) is 31.1 Å². The van der Waals surface area contributed by atoms with Crippen molar-refractivity contribution in [3.05, 3.63) is 29.8 Å². The van der Waals surface area contributed by atoms with Gasteiger partial charge in [0, 0.05) is 31.7 Å². The molecule has 0 saturated carbocycles. The molecule has 0 bridgehead atoms. The Morgan fingerprint density at radius 2 is 1.93 bits per heavy atom. The summed E-state index contributed by atoms with van der Waals surface area (Å²) in [5.41, 5.74) is -0.755. The standard InChI is InChI=1S/C18H22F3N3O3/c1-3-23(4-2)16(26)10-22-17(27)12-8-15(25)24(11-12)14-7-5-6-13(9-14)18(19,20)21/h5-7,9,12H,3-4,8,10-11H2,1-2H3,(H,22,27). The van der Waals surface area contributed by atoms with Crippen molar-refractivity contribution in [3.63, 3.8) is 0 Å². The lowest BCUT2D eigenvalue weighted by atomic mass is 10.1. The molecule has 1 N–H and O–H groups in total. The van der Waals surface area contributed by atoms with Crippen LogP contribution in [0.15, 0.2) is 24.3 Å². The molecule has 1 aromatic carbocycles. The smallest absolute Gasteiger partial charge is 0.347 e. The zero-order valence-corrected chi connectivity index (χ0v) is 15.2. The van der Waals surface area contributed by atoms with Gasteiger partial charge in [-0.25, -0.2) is 0 Å². The predicted molar refractivity (Wildman–Crippen MR) is 92.8 cm³/mol. The first kappa shape index (κ1) is 20.7. The molecule has 3 amide bonds. The number of amides is 3. The number of anilines is 1. The summed E-state index contributed by atoms with van der Waals surface area (Å²) >= 11 is 0. The van der Waals surface area contributed by atoms with Crippen LogP contribution in [-0.2, 0) is 20.6 Å². The molecule has 27 heavy (non-hydrogen) atoms. The second-order valence-corrected chi connectivity index (χ2v) is 6.24. The lowest BCUT2D eigenvalue weighted by Crippen LogP contribution is -2.42. The number of carbonyl (C=O) groups excluding carboxylic acids is 3. The number of carbonyl (C=O) groups is 3. The van der Waals surface area contributed by atoms with E-state index >= 15 is 0 Å². The van der Waals surface area contributed by atoms with Crippen molar-refractivity contribution < 1.29 is 27.6 Å². The van der Waals surface area contributed by atoms with Crippen LogP contribution in [-0.4, -0.2) is 48.8 Å². The van der Waals surface area contributed by atoms with Gasteiger partial charge in [0.2, 0.25) is 17.7 Å². The zero-order chi connectivity index (χ0) is 20.2. The van der Waals surface area contributed by atoms with Gasteiger partial charge in [-0.1, -0.05) is 6.07 Å². The normalized spacial score (nSPS) is 17.1. The number of benzene rings is 1. The number of rotatable bonds is 6. The van der Waals surface area contributed by atoms with E-state index in [1.54, 1.807) is 4.90 Å². The molecular formula is C18H22F3N3O3. The third-order valence-corrected chi connectivity index (χ3v) is 4.51. The summed E-state index contributed by atoms with van der Waals surface area (Å²) < 4.78 is 38.6. The van der Waals surface area contributed by atoms with Crippen molar-refractivity contribution in [2.24, 2.45) is 5.92 Å². The van der Waals surface area contributed by atoms with E-state index in [1.165, 1.54) is 17.0 Å². The van der Waals surface area contributed by atoms with Crippen LogP contribution in [0.2, 0.25) is 0 Å². The Morgan fingerprint density at radius 3 is 2.52 bits per heavy atom. The minimum atomic E-state index is -4.51. The van der Waals surface area contributed by atoms with Crippen LogP contribution in [0.5, 0.6) is 0 Å². The van der Waals surface area contributed by atoms with Gasteiger partial charge in [-0.15, -0.1) is 0 Å². The number of hydrogen-bond acceptors (Lipinski definition) is 3. The quantitative estimate of drug-likeness (QED) is 0.815. The molecule has 2 rings (SSSR count). The van der Waals surface area contributed by atoms with Crippen LogP contribution in [0.25, 0.3) is 0 Å². The number of halogens is 3. The van der Waals surface area contributed by atoms with Crippen molar-refractivity contribution in [2.45, 2.75) is 26.4 Å². The fourth-order valence-electron chi connectivity index (χ4n) is 2.98. The Labute approximate surface area is 155 Å². The largest absolute Gasteiger partial charge is 0.416 e. The van der Waals surface area contributed by atoms with E-state index in [0.717, 1.165) is 12.1 Å². The molecule has 0 radical (unpaired) electrons. The number of hydrogen-bond donors (Lipinski definition) is 1. The van der Waals surface area contributed by atoms with Gasteiger partial charge in [-0.2, -0.15) is 13.2 Å².